The molecule has 0 amide bonds. The van der Waals surface area contributed by atoms with Gasteiger partial charge in [0.15, 0.2) is 0 Å². The van der Waals surface area contributed by atoms with Gasteiger partial charge in [0.2, 0.25) is 10.0 Å². The van der Waals surface area contributed by atoms with Gasteiger partial charge < -0.3 is 10.1 Å². The number of sulfonamides is 1. The molecule has 0 saturated heterocycles. The van der Waals surface area contributed by atoms with Crippen molar-refractivity contribution in [2.24, 2.45) is 0 Å². The second-order valence-electron chi connectivity index (χ2n) is 5.03. The molecule has 6 heteroatoms. The second kappa shape index (κ2) is 6.56. The lowest BCUT2D eigenvalue weighted by atomic mass is 9.94. The molecule has 20 heavy (non-hydrogen) atoms. The molecule has 1 N–H and O–H groups in total. The van der Waals surface area contributed by atoms with Gasteiger partial charge in [0.05, 0.1) is 4.90 Å². The van der Waals surface area contributed by atoms with E-state index in [0.717, 1.165) is 25.8 Å². The lowest BCUT2D eigenvalue weighted by molar-refractivity contribution is 0.249. The van der Waals surface area contributed by atoms with E-state index in [9.17, 15) is 8.42 Å². The zero-order chi connectivity index (χ0) is 14.6. The first kappa shape index (κ1) is 15.3. The summed E-state index contributed by atoms with van der Waals surface area (Å²) in [6.07, 6.45) is 3.03. The molecule has 1 aliphatic carbocycles. The van der Waals surface area contributed by atoms with Crippen molar-refractivity contribution in [3.63, 3.8) is 0 Å². The minimum absolute atomic E-state index is 0.159. The SMILES string of the molecule is CNCCOc1ccc(S(=O)(=O)N(C)C2CCC2)cc1. The van der Waals surface area contributed by atoms with E-state index in [2.05, 4.69) is 5.32 Å². The zero-order valence-electron chi connectivity index (χ0n) is 12.0. The molecular formula is C14H22N2O3S. The van der Waals surface area contributed by atoms with Gasteiger partial charge in [-0.05, 0) is 44.2 Å². The Kier molecular flexibility index (Phi) is 5.01. The minimum Gasteiger partial charge on any atom is -0.492 e. The van der Waals surface area contributed by atoms with Crippen molar-refractivity contribution in [3.8, 4) is 5.75 Å². The minimum atomic E-state index is -3.38. The fraction of sp³-hybridized carbons (Fsp3) is 0.571. The van der Waals surface area contributed by atoms with Crippen LogP contribution >= 0.6 is 0 Å². The average molecular weight is 298 g/mol. The van der Waals surface area contributed by atoms with E-state index in [0.29, 0.717) is 17.3 Å². The summed E-state index contributed by atoms with van der Waals surface area (Å²) in [5, 5.41) is 2.99. The molecule has 1 aromatic carbocycles. The van der Waals surface area contributed by atoms with Crippen LogP contribution in [0.3, 0.4) is 0 Å². The number of benzene rings is 1. The summed E-state index contributed by atoms with van der Waals surface area (Å²) >= 11 is 0. The molecule has 0 spiro atoms. The van der Waals surface area contributed by atoms with E-state index in [4.69, 9.17) is 4.74 Å². The molecule has 5 nitrogen and oxygen atoms in total. The van der Waals surface area contributed by atoms with E-state index >= 15 is 0 Å². The van der Waals surface area contributed by atoms with Crippen LogP contribution in [0.5, 0.6) is 5.75 Å². The fourth-order valence-electron chi connectivity index (χ4n) is 2.09. The molecule has 1 aromatic rings. The van der Waals surface area contributed by atoms with Crippen LogP contribution in [-0.4, -0.2) is 46.0 Å². The molecule has 112 valence electrons. The van der Waals surface area contributed by atoms with Gasteiger partial charge >= 0.3 is 0 Å². The van der Waals surface area contributed by atoms with Crippen molar-refractivity contribution < 1.29 is 13.2 Å². The van der Waals surface area contributed by atoms with Crippen LogP contribution in [0.15, 0.2) is 29.2 Å². The highest BCUT2D eigenvalue weighted by Crippen LogP contribution is 2.28. The van der Waals surface area contributed by atoms with Crippen molar-refractivity contribution in [1.29, 1.82) is 0 Å². The number of ether oxygens (including phenoxy) is 1. The summed E-state index contributed by atoms with van der Waals surface area (Å²) in [6, 6.07) is 6.79. The third-order valence-corrected chi connectivity index (χ3v) is 5.63. The Morgan fingerprint density at radius 1 is 1.30 bits per heavy atom. The largest absolute Gasteiger partial charge is 0.492 e. The van der Waals surface area contributed by atoms with Gasteiger partial charge in [0.1, 0.15) is 12.4 Å². The van der Waals surface area contributed by atoms with Gasteiger partial charge in [0.25, 0.3) is 0 Å². The Balaban J connectivity index is 2.04. The topological polar surface area (TPSA) is 58.6 Å². The summed E-state index contributed by atoms with van der Waals surface area (Å²) < 4.78 is 31.8. The predicted molar refractivity (Wildman–Crippen MR) is 78.5 cm³/mol. The van der Waals surface area contributed by atoms with Crippen molar-refractivity contribution in [2.75, 3.05) is 27.2 Å². The first-order valence-electron chi connectivity index (χ1n) is 6.91. The number of nitrogens with one attached hydrogen (secondary N) is 1. The molecule has 0 unspecified atom stereocenters. The standard InChI is InChI=1S/C14H22N2O3S/c1-15-10-11-19-13-6-8-14(9-7-13)20(17,18)16(2)12-4-3-5-12/h6-9,12,15H,3-5,10-11H2,1-2H3. The van der Waals surface area contributed by atoms with Crippen LogP contribution in [0.1, 0.15) is 19.3 Å². The van der Waals surface area contributed by atoms with Crippen molar-refractivity contribution in [2.45, 2.75) is 30.2 Å². The predicted octanol–water partition coefficient (Wildman–Crippen LogP) is 1.46. The molecular weight excluding hydrogens is 276 g/mol. The van der Waals surface area contributed by atoms with Crippen LogP contribution in [-0.2, 0) is 10.0 Å². The summed E-state index contributed by atoms with van der Waals surface area (Å²) in [7, 11) is 0.144. The summed E-state index contributed by atoms with van der Waals surface area (Å²) in [4.78, 5) is 0.327. The normalized spacial score (nSPS) is 16.1. The first-order chi connectivity index (χ1) is 9.55. The van der Waals surface area contributed by atoms with Crippen molar-refractivity contribution in [3.05, 3.63) is 24.3 Å². The molecule has 1 aliphatic rings. The van der Waals surface area contributed by atoms with E-state index in [1.165, 1.54) is 4.31 Å². The maximum absolute atomic E-state index is 12.4. The lowest BCUT2D eigenvalue weighted by Gasteiger charge is -2.33. The van der Waals surface area contributed by atoms with Gasteiger partial charge in [0, 0.05) is 19.6 Å². The molecule has 1 saturated carbocycles. The summed E-state index contributed by atoms with van der Waals surface area (Å²) in [6.45, 7) is 1.31. The quantitative estimate of drug-likeness (QED) is 0.774. The third-order valence-electron chi connectivity index (χ3n) is 3.71. The molecule has 1 fully saturated rings. The van der Waals surface area contributed by atoms with Crippen LogP contribution in [0, 0.1) is 0 Å². The summed E-state index contributed by atoms with van der Waals surface area (Å²) in [5.74, 6) is 0.686. The highest BCUT2D eigenvalue weighted by atomic mass is 32.2. The molecule has 0 atom stereocenters. The Hall–Kier alpha value is -1.11. The van der Waals surface area contributed by atoms with Crippen molar-refractivity contribution in [1.82, 2.24) is 9.62 Å². The zero-order valence-corrected chi connectivity index (χ0v) is 12.8. The van der Waals surface area contributed by atoms with E-state index in [-0.39, 0.29) is 6.04 Å². The van der Waals surface area contributed by atoms with Crippen LogP contribution < -0.4 is 10.1 Å². The fourth-order valence-corrected chi connectivity index (χ4v) is 3.51. The molecule has 0 aromatic heterocycles. The van der Waals surface area contributed by atoms with Gasteiger partial charge in [-0.2, -0.15) is 4.31 Å². The molecule has 0 radical (unpaired) electrons. The van der Waals surface area contributed by atoms with Crippen molar-refractivity contribution >= 4 is 10.0 Å². The first-order valence-corrected chi connectivity index (χ1v) is 8.35. The van der Waals surface area contributed by atoms with Gasteiger partial charge in [-0.1, -0.05) is 6.42 Å². The average Bonchev–Trinajstić information content (AvgIpc) is 2.37. The number of hydrogen-bond acceptors (Lipinski definition) is 4. The van der Waals surface area contributed by atoms with Crippen LogP contribution in [0.2, 0.25) is 0 Å². The molecule has 0 bridgehead atoms. The molecule has 0 heterocycles. The van der Waals surface area contributed by atoms with E-state index in [1.807, 2.05) is 7.05 Å². The monoisotopic (exact) mass is 298 g/mol. The van der Waals surface area contributed by atoms with E-state index < -0.39 is 10.0 Å². The number of rotatable bonds is 7. The molecule has 2 rings (SSSR count). The highest BCUT2D eigenvalue weighted by molar-refractivity contribution is 7.89. The van der Waals surface area contributed by atoms with Crippen LogP contribution in [0.4, 0.5) is 0 Å². The Bertz CT molecular complexity index is 524. The third kappa shape index (κ3) is 3.31. The number of hydrogen-bond donors (Lipinski definition) is 1. The highest BCUT2D eigenvalue weighted by Gasteiger charge is 2.31. The number of likely N-dealkylation sites (N-methyl/N-ethyl adjacent to an activating group) is 1. The smallest absolute Gasteiger partial charge is 0.243 e. The number of nitrogens with zero attached hydrogens (tertiary/aromatic N) is 1. The maximum Gasteiger partial charge on any atom is 0.243 e. The Morgan fingerprint density at radius 3 is 2.45 bits per heavy atom. The Labute approximate surface area is 121 Å². The second-order valence-corrected chi connectivity index (χ2v) is 7.03. The lowest BCUT2D eigenvalue weighted by Crippen LogP contribution is -2.41. The van der Waals surface area contributed by atoms with E-state index in [1.54, 1.807) is 31.3 Å². The van der Waals surface area contributed by atoms with Gasteiger partial charge in [-0.25, -0.2) is 8.42 Å². The van der Waals surface area contributed by atoms with Crippen LogP contribution in [0.25, 0.3) is 0 Å². The summed E-state index contributed by atoms with van der Waals surface area (Å²) in [5.41, 5.74) is 0. The van der Waals surface area contributed by atoms with Gasteiger partial charge in [-0.15, -0.1) is 0 Å². The Morgan fingerprint density at radius 2 is 1.95 bits per heavy atom. The van der Waals surface area contributed by atoms with Gasteiger partial charge in [-0.3, -0.25) is 0 Å². The maximum atomic E-state index is 12.4. The molecule has 0 aliphatic heterocycles.